The smallest absolute Gasteiger partial charge is 0.247 e. The van der Waals surface area contributed by atoms with Gasteiger partial charge in [-0.1, -0.05) is 42.8 Å². The number of aryl methyl sites for hydroxylation is 1. The average molecular weight is 473 g/mol. The lowest BCUT2D eigenvalue weighted by molar-refractivity contribution is 0.0741. The second kappa shape index (κ2) is 9.74. The topological polar surface area (TPSA) is 70.1 Å². The van der Waals surface area contributed by atoms with Crippen LogP contribution in [0.4, 0.5) is 0 Å². The van der Waals surface area contributed by atoms with E-state index in [1.165, 1.54) is 22.7 Å². The number of fused-ring (bicyclic) bond motifs is 1. The fraction of sp³-hybridized carbons (Fsp3) is 0.538. The number of hydrogen-bond donors (Lipinski definition) is 1. The molecular weight excluding hydrogens is 436 g/mol. The van der Waals surface area contributed by atoms with E-state index in [0.717, 1.165) is 30.1 Å². The van der Waals surface area contributed by atoms with Crippen molar-refractivity contribution in [2.75, 3.05) is 33.3 Å². The van der Waals surface area contributed by atoms with Crippen LogP contribution in [-0.4, -0.2) is 68.2 Å². The molecule has 1 aliphatic heterocycles. The van der Waals surface area contributed by atoms with Crippen LogP contribution in [-0.2, 0) is 10.0 Å². The number of likely N-dealkylation sites (N-methyl/N-ethyl adjacent to an activating group) is 1. The van der Waals surface area contributed by atoms with E-state index in [4.69, 9.17) is 4.74 Å². The normalized spacial score (nSPS) is 23.9. The van der Waals surface area contributed by atoms with E-state index >= 15 is 0 Å². The fourth-order valence-electron chi connectivity index (χ4n) is 4.49. The molecule has 2 aliphatic rings. The van der Waals surface area contributed by atoms with Crippen LogP contribution >= 0.6 is 0 Å². The summed E-state index contributed by atoms with van der Waals surface area (Å²) in [4.78, 5) is 2.47. The molecule has 0 bridgehead atoms. The Morgan fingerprint density at radius 3 is 2.42 bits per heavy atom. The molecule has 1 saturated carbocycles. The minimum absolute atomic E-state index is 0.0355. The monoisotopic (exact) mass is 472 g/mol. The Bertz CT molecular complexity index is 1070. The lowest BCUT2D eigenvalue weighted by atomic mass is 10.0. The molecule has 7 heteroatoms. The predicted molar refractivity (Wildman–Crippen MR) is 131 cm³/mol. The molecule has 4 rings (SSSR count). The molecule has 1 aliphatic carbocycles. The van der Waals surface area contributed by atoms with Crippen molar-refractivity contribution in [1.29, 1.82) is 0 Å². The third-order valence-corrected chi connectivity index (χ3v) is 8.83. The lowest BCUT2D eigenvalue weighted by Gasteiger charge is -2.37. The van der Waals surface area contributed by atoms with E-state index in [2.05, 4.69) is 11.9 Å². The number of aliphatic hydroxyl groups excluding tert-OH is 1. The highest BCUT2D eigenvalue weighted by molar-refractivity contribution is 7.89. The summed E-state index contributed by atoms with van der Waals surface area (Å²) in [6.45, 7) is 7.69. The summed E-state index contributed by atoms with van der Waals surface area (Å²) in [5.41, 5.74) is 3.11. The van der Waals surface area contributed by atoms with Crippen LogP contribution in [0.5, 0.6) is 5.75 Å². The number of aliphatic hydroxyl groups is 1. The highest BCUT2D eigenvalue weighted by Gasteiger charge is 2.38. The van der Waals surface area contributed by atoms with Gasteiger partial charge in [0.25, 0.3) is 0 Å². The first kappa shape index (κ1) is 24.2. The van der Waals surface area contributed by atoms with Crippen LogP contribution in [0.2, 0.25) is 0 Å². The van der Waals surface area contributed by atoms with Crippen LogP contribution in [0.3, 0.4) is 0 Å². The van der Waals surface area contributed by atoms with Gasteiger partial charge in [0.2, 0.25) is 10.0 Å². The summed E-state index contributed by atoms with van der Waals surface area (Å²) in [6.07, 6.45) is 2.41. The first-order chi connectivity index (χ1) is 15.7. The summed E-state index contributed by atoms with van der Waals surface area (Å²) >= 11 is 0. The van der Waals surface area contributed by atoms with Crippen molar-refractivity contribution in [1.82, 2.24) is 9.21 Å². The molecule has 2 aromatic carbocycles. The van der Waals surface area contributed by atoms with Crippen LogP contribution < -0.4 is 4.74 Å². The summed E-state index contributed by atoms with van der Waals surface area (Å²) in [5.74, 6) is 1.12. The molecule has 33 heavy (non-hydrogen) atoms. The number of rotatable bonds is 7. The largest absolute Gasteiger partial charge is 0.487 e. The van der Waals surface area contributed by atoms with Crippen LogP contribution in [0, 0.1) is 18.8 Å². The summed E-state index contributed by atoms with van der Waals surface area (Å²) < 4.78 is 35.2. The van der Waals surface area contributed by atoms with Gasteiger partial charge in [-0.05, 0) is 62.9 Å². The molecule has 180 valence electrons. The Morgan fingerprint density at radius 2 is 1.79 bits per heavy atom. The molecule has 2 aromatic rings. The molecule has 6 nitrogen and oxygen atoms in total. The van der Waals surface area contributed by atoms with Crippen LogP contribution in [0.1, 0.15) is 32.3 Å². The number of ether oxygens (including phenoxy) is 1. The quantitative estimate of drug-likeness (QED) is 0.664. The number of nitrogens with zero attached hydrogens (tertiary/aromatic N) is 2. The van der Waals surface area contributed by atoms with E-state index in [9.17, 15) is 13.5 Å². The van der Waals surface area contributed by atoms with Crippen LogP contribution in [0.25, 0.3) is 11.1 Å². The lowest BCUT2D eigenvalue weighted by Crippen LogP contribution is -2.49. The molecule has 0 saturated heterocycles. The number of sulfonamides is 1. The zero-order valence-corrected chi connectivity index (χ0v) is 20.9. The molecule has 3 atom stereocenters. The van der Waals surface area contributed by atoms with Crippen molar-refractivity contribution >= 4 is 10.0 Å². The molecule has 0 radical (unpaired) electrons. The van der Waals surface area contributed by atoms with Crippen molar-refractivity contribution in [2.45, 2.75) is 50.7 Å². The van der Waals surface area contributed by atoms with Crippen molar-refractivity contribution in [2.24, 2.45) is 11.8 Å². The third kappa shape index (κ3) is 5.43. The van der Waals surface area contributed by atoms with Crippen LogP contribution in [0.15, 0.2) is 47.4 Å². The second-order valence-corrected chi connectivity index (χ2v) is 11.8. The third-order valence-electron chi connectivity index (χ3n) is 6.81. The van der Waals surface area contributed by atoms with E-state index in [1.54, 1.807) is 13.0 Å². The predicted octanol–water partition coefficient (Wildman–Crippen LogP) is 3.77. The Morgan fingerprint density at radius 1 is 1.12 bits per heavy atom. The van der Waals surface area contributed by atoms with Crippen molar-refractivity contribution in [3.8, 4) is 16.9 Å². The maximum Gasteiger partial charge on any atom is 0.247 e. The first-order valence-corrected chi connectivity index (χ1v) is 13.3. The highest BCUT2D eigenvalue weighted by Crippen LogP contribution is 2.37. The van der Waals surface area contributed by atoms with Gasteiger partial charge in [0.1, 0.15) is 16.7 Å². The molecule has 0 spiro atoms. The van der Waals surface area contributed by atoms with Gasteiger partial charge in [-0.15, -0.1) is 0 Å². The van der Waals surface area contributed by atoms with Gasteiger partial charge >= 0.3 is 0 Å². The number of hydrogen-bond acceptors (Lipinski definition) is 5. The minimum Gasteiger partial charge on any atom is -0.487 e. The highest BCUT2D eigenvalue weighted by atomic mass is 32.2. The standard InChI is InChI=1S/C26H36N2O4S/c1-18-5-9-22(10-6-18)23-11-12-26-24(13-23)32-25(16-27(4)15-21-7-8-21)19(2)14-28(20(3)17-29)33(26,30)31/h5-6,9-13,19-21,25,29H,7-8,14-17H2,1-4H3/t19-,20-,25-/m0/s1. The Kier molecular flexibility index (Phi) is 7.15. The van der Waals surface area contributed by atoms with Gasteiger partial charge in [-0.2, -0.15) is 4.31 Å². The Labute approximate surface area is 198 Å². The van der Waals surface area contributed by atoms with Crippen molar-refractivity contribution < 1.29 is 18.3 Å². The molecule has 1 fully saturated rings. The maximum absolute atomic E-state index is 13.6. The van der Waals surface area contributed by atoms with Gasteiger partial charge < -0.3 is 14.7 Å². The average Bonchev–Trinajstić information content (AvgIpc) is 3.59. The van der Waals surface area contributed by atoms with E-state index in [0.29, 0.717) is 12.3 Å². The van der Waals surface area contributed by atoms with E-state index < -0.39 is 16.1 Å². The fourth-order valence-corrected chi connectivity index (χ4v) is 6.32. The molecule has 1 N–H and O–H groups in total. The van der Waals surface area contributed by atoms with Gasteiger partial charge in [-0.25, -0.2) is 8.42 Å². The van der Waals surface area contributed by atoms with Crippen molar-refractivity contribution in [3.05, 3.63) is 48.0 Å². The molecule has 0 unspecified atom stereocenters. The zero-order chi connectivity index (χ0) is 23.8. The summed E-state index contributed by atoms with van der Waals surface area (Å²) in [7, 11) is -1.71. The summed E-state index contributed by atoms with van der Waals surface area (Å²) in [6, 6.07) is 13.0. The Balaban J connectivity index is 1.74. The van der Waals surface area contributed by atoms with Crippen molar-refractivity contribution in [3.63, 3.8) is 0 Å². The van der Waals surface area contributed by atoms with Gasteiger partial charge in [0, 0.05) is 31.6 Å². The summed E-state index contributed by atoms with van der Waals surface area (Å²) in [5, 5.41) is 9.80. The van der Waals surface area contributed by atoms with Gasteiger partial charge in [0.05, 0.1) is 6.61 Å². The first-order valence-electron chi connectivity index (χ1n) is 11.9. The Hall–Kier alpha value is -1.93. The zero-order valence-electron chi connectivity index (χ0n) is 20.1. The van der Waals surface area contributed by atoms with E-state index in [-0.39, 0.29) is 23.5 Å². The minimum atomic E-state index is -3.82. The second-order valence-electron chi connectivity index (χ2n) is 9.93. The van der Waals surface area contributed by atoms with Gasteiger partial charge in [-0.3, -0.25) is 0 Å². The van der Waals surface area contributed by atoms with Gasteiger partial charge in [0.15, 0.2) is 0 Å². The van der Waals surface area contributed by atoms with E-state index in [1.807, 2.05) is 50.2 Å². The molecule has 0 amide bonds. The number of benzene rings is 2. The molecule has 1 heterocycles. The molecular formula is C26H36N2O4S. The maximum atomic E-state index is 13.6. The molecule has 0 aromatic heterocycles. The SMILES string of the molecule is Cc1ccc(-c2ccc3c(c2)O[C@@H](CN(C)CC2CC2)[C@@H](C)CN([C@@H](C)CO)S3(=O)=O)cc1.